The average molecular weight is 276 g/mol. The topological polar surface area (TPSA) is 86.7 Å². The minimum absolute atomic E-state index is 0.109. The number of carboxylic acid groups (broad SMARTS) is 1. The first-order valence-corrected chi connectivity index (χ1v) is 6.41. The van der Waals surface area contributed by atoms with Crippen molar-refractivity contribution in [2.45, 2.75) is 31.8 Å². The molecule has 0 aliphatic carbocycles. The van der Waals surface area contributed by atoms with Gasteiger partial charge in [-0.15, -0.1) is 0 Å². The first kappa shape index (κ1) is 14.0. The summed E-state index contributed by atoms with van der Waals surface area (Å²) in [5.41, 5.74) is 0.856. The average Bonchev–Trinajstić information content (AvgIpc) is 2.71. The Bertz CT molecular complexity index is 529. The lowest BCUT2D eigenvalue weighted by Crippen LogP contribution is -2.34. The van der Waals surface area contributed by atoms with Crippen molar-refractivity contribution in [3.05, 3.63) is 35.9 Å². The Kier molecular flexibility index (Phi) is 4.02. The van der Waals surface area contributed by atoms with Crippen LogP contribution >= 0.6 is 0 Å². The number of rotatable bonds is 5. The largest absolute Gasteiger partial charge is 0.481 e. The predicted octanol–water partition coefficient (Wildman–Crippen LogP) is 1.53. The van der Waals surface area contributed by atoms with Gasteiger partial charge in [0.1, 0.15) is 6.04 Å². The molecule has 1 fully saturated rings. The van der Waals surface area contributed by atoms with E-state index >= 15 is 0 Å². The number of imide groups is 1. The summed E-state index contributed by atoms with van der Waals surface area (Å²) in [6, 6.07) is 7.63. The summed E-state index contributed by atoms with van der Waals surface area (Å²) in [4.78, 5) is 35.8. The summed E-state index contributed by atoms with van der Waals surface area (Å²) in [5.74, 6) is -1.35. The number of nitrogens with one attached hydrogen (secondary N) is 1. The van der Waals surface area contributed by atoms with Crippen LogP contribution in [0.5, 0.6) is 0 Å². The highest BCUT2D eigenvalue weighted by molar-refractivity contribution is 6.04. The van der Waals surface area contributed by atoms with Crippen LogP contribution in [0, 0.1) is 0 Å². The van der Waals surface area contributed by atoms with Gasteiger partial charge in [-0.1, -0.05) is 30.3 Å². The zero-order chi connectivity index (χ0) is 14.7. The summed E-state index contributed by atoms with van der Waals surface area (Å²) in [7, 11) is 0. The molecule has 1 aliphatic heterocycles. The molecule has 0 unspecified atom stereocenters. The minimum Gasteiger partial charge on any atom is -0.481 e. The first-order chi connectivity index (χ1) is 9.50. The second kappa shape index (κ2) is 5.73. The molecule has 6 heteroatoms. The molecule has 2 N–H and O–H groups in total. The summed E-state index contributed by atoms with van der Waals surface area (Å²) in [5, 5.41) is 11.2. The molecule has 3 amide bonds. The highest BCUT2D eigenvalue weighted by Crippen LogP contribution is 2.25. The molecule has 0 radical (unpaired) electrons. The van der Waals surface area contributed by atoms with E-state index in [1.165, 1.54) is 0 Å². The minimum atomic E-state index is -0.985. The summed E-state index contributed by atoms with van der Waals surface area (Å²) in [6.45, 7) is 1.77. The van der Waals surface area contributed by atoms with Gasteiger partial charge in [-0.2, -0.15) is 0 Å². The number of benzene rings is 1. The number of nitrogens with zero attached hydrogens (tertiary/aromatic N) is 1. The molecule has 20 heavy (non-hydrogen) atoms. The molecule has 2 rings (SSSR count). The molecule has 106 valence electrons. The van der Waals surface area contributed by atoms with Gasteiger partial charge in [0.15, 0.2) is 0 Å². The van der Waals surface area contributed by atoms with E-state index in [4.69, 9.17) is 5.11 Å². The van der Waals surface area contributed by atoms with Crippen molar-refractivity contribution >= 4 is 17.9 Å². The van der Waals surface area contributed by atoms with E-state index in [0.29, 0.717) is 0 Å². The van der Waals surface area contributed by atoms with Crippen molar-refractivity contribution in [1.82, 2.24) is 10.2 Å². The second-order valence-electron chi connectivity index (χ2n) is 4.73. The molecule has 0 bridgehead atoms. The normalized spacial score (nSPS) is 19.9. The third kappa shape index (κ3) is 2.79. The molecule has 1 aromatic rings. The summed E-state index contributed by atoms with van der Waals surface area (Å²) < 4.78 is 0. The van der Waals surface area contributed by atoms with Gasteiger partial charge in [-0.3, -0.25) is 14.5 Å². The van der Waals surface area contributed by atoms with Gasteiger partial charge in [0.05, 0.1) is 6.04 Å². The standard InChI is InChI=1S/C14H16N2O4/c1-9(10-5-3-2-4-6-10)16-13(19)11(15-14(16)20)7-8-12(17)18/h2-6,9,11H,7-8H2,1H3,(H,15,20)(H,17,18)/t9-,11-/m1/s1. The zero-order valence-electron chi connectivity index (χ0n) is 11.1. The van der Waals surface area contributed by atoms with Crippen LogP contribution < -0.4 is 5.32 Å². The van der Waals surface area contributed by atoms with Crippen LogP contribution in [0.2, 0.25) is 0 Å². The Labute approximate surface area is 116 Å². The van der Waals surface area contributed by atoms with E-state index in [1.54, 1.807) is 6.92 Å². The quantitative estimate of drug-likeness (QED) is 0.798. The fourth-order valence-corrected chi connectivity index (χ4v) is 2.26. The van der Waals surface area contributed by atoms with Crippen LogP contribution in [0.25, 0.3) is 0 Å². The number of urea groups is 1. The Morgan fingerprint density at radius 3 is 2.60 bits per heavy atom. The molecule has 1 aliphatic rings. The molecular formula is C14H16N2O4. The van der Waals surface area contributed by atoms with Crippen LogP contribution in [0.15, 0.2) is 30.3 Å². The van der Waals surface area contributed by atoms with Crippen LogP contribution in [-0.2, 0) is 9.59 Å². The van der Waals surface area contributed by atoms with Gasteiger partial charge in [-0.25, -0.2) is 4.79 Å². The van der Waals surface area contributed by atoms with E-state index in [-0.39, 0.29) is 24.8 Å². The van der Waals surface area contributed by atoms with Crippen molar-refractivity contribution in [1.29, 1.82) is 0 Å². The summed E-state index contributed by atoms with van der Waals surface area (Å²) >= 11 is 0. The van der Waals surface area contributed by atoms with Gasteiger partial charge >= 0.3 is 12.0 Å². The van der Waals surface area contributed by atoms with Gasteiger partial charge in [0, 0.05) is 6.42 Å². The van der Waals surface area contributed by atoms with E-state index < -0.39 is 18.0 Å². The number of amides is 3. The van der Waals surface area contributed by atoms with Crippen molar-refractivity contribution in [3.63, 3.8) is 0 Å². The Morgan fingerprint density at radius 1 is 1.35 bits per heavy atom. The van der Waals surface area contributed by atoms with Gasteiger partial charge < -0.3 is 10.4 Å². The first-order valence-electron chi connectivity index (χ1n) is 6.41. The van der Waals surface area contributed by atoms with Crippen LogP contribution in [-0.4, -0.2) is 34.0 Å². The number of hydrogen-bond acceptors (Lipinski definition) is 3. The van der Waals surface area contributed by atoms with E-state index in [2.05, 4.69) is 5.32 Å². The van der Waals surface area contributed by atoms with Crippen molar-refractivity contribution in [2.24, 2.45) is 0 Å². The smallest absolute Gasteiger partial charge is 0.325 e. The molecule has 1 aromatic carbocycles. The van der Waals surface area contributed by atoms with E-state index in [0.717, 1.165) is 10.5 Å². The SMILES string of the molecule is C[C@H](c1ccccc1)N1C(=O)N[C@H](CCC(=O)O)C1=O. The van der Waals surface area contributed by atoms with Gasteiger partial charge in [0.2, 0.25) is 0 Å². The maximum atomic E-state index is 12.2. The lowest BCUT2D eigenvalue weighted by molar-refractivity contribution is -0.137. The second-order valence-corrected chi connectivity index (χ2v) is 4.73. The highest BCUT2D eigenvalue weighted by Gasteiger charge is 2.40. The molecule has 0 aromatic heterocycles. The highest BCUT2D eigenvalue weighted by atomic mass is 16.4. The number of hydrogen-bond donors (Lipinski definition) is 2. The molecule has 0 spiro atoms. The Morgan fingerprint density at radius 2 is 2.00 bits per heavy atom. The molecule has 1 saturated heterocycles. The van der Waals surface area contributed by atoms with E-state index in [9.17, 15) is 14.4 Å². The Hall–Kier alpha value is -2.37. The molecular weight excluding hydrogens is 260 g/mol. The monoisotopic (exact) mass is 276 g/mol. The number of carbonyl (C=O) groups excluding carboxylic acids is 2. The summed E-state index contributed by atoms with van der Waals surface area (Å²) in [6.07, 6.45) is -0.0395. The molecule has 1 heterocycles. The van der Waals surface area contributed by atoms with Crippen LogP contribution in [0.4, 0.5) is 4.79 Å². The maximum Gasteiger partial charge on any atom is 0.325 e. The van der Waals surface area contributed by atoms with E-state index in [1.807, 2.05) is 30.3 Å². The zero-order valence-corrected chi connectivity index (χ0v) is 11.1. The number of carbonyl (C=O) groups is 3. The van der Waals surface area contributed by atoms with Crippen LogP contribution in [0.3, 0.4) is 0 Å². The van der Waals surface area contributed by atoms with Crippen molar-refractivity contribution in [3.8, 4) is 0 Å². The van der Waals surface area contributed by atoms with Gasteiger partial charge in [-0.05, 0) is 18.9 Å². The number of aliphatic carboxylic acids is 1. The fraction of sp³-hybridized carbons (Fsp3) is 0.357. The molecule has 2 atom stereocenters. The fourth-order valence-electron chi connectivity index (χ4n) is 2.26. The lowest BCUT2D eigenvalue weighted by atomic mass is 10.1. The molecule has 0 saturated carbocycles. The predicted molar refractivity (Wildman–Crippen MR) is 70.9 cm³/mol. The maximum absolute atomic E-state index is 12.2. The Balaban J connectivity index is 2.11. The van der Waals surface area contributed by atoms with Crippen molar-refractivity contribution < 1.29 is 19.5 Å². The third-order valence-corrected chi connectivity index (χ3v) is 3.37. The van der Waals surface area contributed by atoms with Crippen molar-refractivity contribution in [2.75, 3.05) is 0 Å². The van der Waals surface area contributed by atoms with Crippen LogP contribution in [0.1, 0.15) is 31.4 Å². The number of carboxylic acids is 1. The third-order valence-electron chi connectivity index (χ3n) is 3.37. The lowest BCUT2D eigenvalue weighted by Gasteiger charge is -2.21. The molecule has 6 nitrogen and oxygen atoms in total. The van der Waals surface area contributed by atoms with Gasteiger partial charge in [0.25, 0.3) is 5.91 Å².